The normalized spacial score (nSPS) is 23.2. The molecule has 1 aliphatic heterocycles. The molecule has 1 aliphatic carbocycles. The first-order valence-electron chi connectivity index (χ1n) is 12.2. The third-order valence-corrected chi connectivity index (χ3v) is 8.11. The Bertz CT molecular complexity index is 1330. The Morgan fingerprint density at radius 3 is 2.81 bits per heavy atom. The van der Waals surface area contributed by atoms with Crippen LogP contribution in [0.25, 0.3) is 16.7 Å². The number of nitriles is 1. The Kier molecular flexibility index (Phi) is 8.23. The van der Waals surface area contributed by atoms with Crippen molar-refractivity contribution >= 4 is 52.3 Å². The van der Waals surface area contributed by atoms with Crippen LogP contribution in [0.1, 0.15) is 62.5 Å². The van der Waals surface area contributed by atoms with Crippen molar-refractivity contribution in [2.24, 2.45) is 11.7 Å². The summed E-state index contributed by atoms with van der Waals surface area (Å²) < 4.78 is 1.74. The summed E-state index contributed by atoms with van der Waals surface area (Å²) in [7, 11) is 0. The van der Waals surface area contributed by atoms with Gasteiger partial charge in [0.2, 0.25) is 0 Å². The van der Waals surface area contributed by atoms with Crippen LogP contribution in [0.15, 0.2) is 30.5 Å². The average Bonchev–Trinajstić information content (AvgIpc) is 3.47. The van der Waals surface area contributed by atoms with E-state index in [9.17, 15) is 5.26 Å². The summed E-state index contributed by atoms with van der Waals surface area (Å²) in [6, 6.07) is 8.30. The van der Waals surface area contributed by atoms with Gasteiger partial charge in [-0.05, 0) is 68.3 Å². The van der Waals surface area contributed by atoms with Crippen molar-refractivity contribution in [3.05, 3.63) is 57.5 Å². The molecule has 0 saturated carbocycles. The highest BCUT2D eigenvalue weighted by Gasteiger charge is 2.35. The number of hydrogen-bond acceptors (Lipinski definition) is 6. The van der Waals surface area contributed by atoms with Crippen LogP contribution in [0, 0.1) is 17.2 Å². The first kappa shape index (κ1) is 26.8. The molecule has 2 aliphatic rings. The zero-order valence-electron chi connectivity index (χ0n) is 20.4. The number of nitrogens with zero attached hydrogens (tertiary/aromatic N) is 6. The summed E-state index contributed by atoms with van der Waals surface area (Å²) in [5.74, 6) is 0.492. The Morgan fingerprint density at radius 2 is 2.11 bits per heavy atom. The van der Waals surface area contributed by atoms with Gasteiger partial charge in [-0.2, -0.15) is 10.4 Å². The number of nitrogens with two attached hydrogens (primary N) is 1. The maximum atomic E-state index is 9.66. The second-order valence-corrected chi connectivity index (χ2v) is 10.5. The highest BCUT2D eigenvalue weighted by Crippen LogP contribution is 2.36. The predicted octanol–water partition coefficient (Wildman–Crippen LogP) is 5.64. The van der Waals surface area contributed by atoms with E-state index in [1.54, 1.807) is 23.0 Å². The maximum absolute atomic E-state index is 9.66. The van der Waals surface area contributed by atoms with E-state index < -0.39 is 0 Å². The topological polar surface area (TPSA) is 96.7 Å². The lowest BCUT2D eigenvalue weighted by Gasteiger charge is -2.38. The van der Waals surface area contributed by atoms with Gasteiger partial charge in [0, 0.05) is 28.7 Å². The zero-order chi connectivity index (χ0) is 24.7. The number of benzene rings is 1. The molecule has 10 heteroatoms. The molecule has 1 fully saturated rings. The van der Waals surface area contributed by atoms with Crippen LogP contribution in [0.3, 0.4) is 0 Å². The molecule has 0 amide bonds. The second-order valence-electron chi connectivity index (χ2n) is 9.66. The average molecular weight is 547 g/mol. The summed E-state index contributed by atoms with van der Waals surface area (Å²) >= 11 is 12.6. The number of allylic oxidation sites excluding steroid dienone is 1. The van der Waals surface area contributed by atoms with E-state index in [4.69, 9.17) is 33.9 Å². The van der Waals surface area contributed by atoms with Gasteiger partial charge in [0.15, 0.2) is 11.3 Å². The van der Waals surface area contributed by atoms with Crippen molar-refractivity contribution in [1.29, 1.82) is 5.26 Å². The molecule has 2 aromatic heterocycles. The molecule has 1 saturated heterocycles. The lowest BCUT2D eigenvalue weighted by Crippen LogP contribution is -2.46. The molecule has 7 nitrogen and oxygen atoms in total. The molecule has 190 valence electrons. The Labute approximate surface area is 227 Å². The smallest absolute Gasteiger partial charge is 0.190 e. The quantitative estimate of drug-likeness (QED) is 0.445. The van der Waals surface area contributed by atoms with E-state index in [0.717, 1.165) is 37.2 Å². The Balaban J connectivity index is 0.00000304. The zero-order valence-corrected chi connectivity index (χ0v) is 22.7. The summed E-state index contributed by atoms with van der Waals surface area (Å²) in [5.41, 5.74) is 10.2. The number of rotatable bonds is 5. The number of fused-ring (bicyclic) bond motifs is 1. The minimum absolute atomic E-state index is 0. The molecular weight excluding hydrogens is 517 g/mol. The van der Waals surface area contributed by atoms with Crippen LogP contribution in [-0.4, -0.2) is 49.8 Å². The van der Waals surface area contributed by atoms with E-state index in [-0.39, 0.29) is 24.1 Å². The van der Waals surface area contributed by atoms with Gasteiger partial charge >= 0.3 is 0 Å². The van der Waals surface area contributed by atoms with E-state index in [1.165, 1.54) is 18.4 Å². The van der Waals surface area contributed by atoms with Crippen LogP contribution in [-0.2, 0) is 0 Å². The third-order valence-electron chi connectivity index (χ3n) is 7.54. The van der Waals surface area contributed by atoms with E-state index in [0.29, 0.717) is 39.2 Å². The van der Waals surface area contributed by atoms with Gasteiger partial charge in [-0.15, -0.1) is 12.4 Å². The fourth-order valence-corrected chi connectivity index (χ4v) is 6.23. The minimum Gasteiger partial charge on any atom is -0.329 e. The van der Waals surface area contributed by atoms with Gasteiger partial charge in [-0.3, -0.25) is 4.90 Å². The van der Waals surface area contributed by atoms with Crippen LogP contribution < -0.4 is 5.73 Å². The second kappa shape index (κ2) is 11.0. The van der Waals surface area contributed by atoms with Crippen LogP contribution in [0.4, 0.5) is 0 Å². The monoisotopic (exact) mass is 545 g/mol. The molecule has 1 aromatic carbocycles. The first-order valence-corrected chi connectivity index (χ1v) is 12.9. The molecule has 3 aromatic rings. The molecule has 0 bridgehead atoms. The van der Waals surface area contributed by atoms with Crippen LogP contribution in [0.5, 0.6) is 0 Å². The predicted molar refractivity (Wildman–Crippen MR) is 147 cm³/mol. The van der Waals surface area contributed by atoms with Gasteiger partial charge in [-0.25, -0.2) is 14.6 Å². The Morgan fingerprint density at radius 1 is 1.31 bits per heavy atom. The molecule has 0 spiro atoms. The molecule has 2 N–H and O–H groups in total. The fraction of sp³-hybridized carbons (Fsp3) is 0.462. The molecule has 0 radical (unpaired) electrons. The number of aromatic nitrogens is 4. The minimum atomic E-state index is -0.249. The Hall–Kier alpha value is -2.21. The lowest BCUT2D eigenvalue weighted by atomic mass is 9.83. The summed E-state index contributed by atoms with van der Waals surface area (Å²) in [6.07, 6.45) is 8.40. The summed E-state index contributed by atoms with van der Waals surface area (Å²) in [5, 5.41) is 15.3. The molecule has 36 heavy (non-hydrogen) atoms. The van der Waals surface area contributed by atoms with Gasteiger partial charge in [0.1, 0.15) is 11.6 Å². The van der Waals surface area contributed by atoms with Crippen molar-refractivity contribution in [3.8, 4) is 6.07 Å². The first-order chi connectivity index (χ1) is 16.9. The van der Waals surface area contributed by atoms with E-state index in [2.05, 4.69) is 34.1 Å². The van der Waals surface area contributed by atoms with E-state index >= 15 is 0 Å². The molecular formula is C26H30Cl3N7. The molecule has 4 atom stereocenters. The van der Waals surface area contributed by atoms with Crippen molar-refractivity contribution < 1.29 is 0 Å². The van der Waals surface area contributed by atoms with Gasteiger partial charge in [0.05, 0.1) is 17.9 Å². The van der Waals surface area contributed by atoms with Crippen molar-refractivity contribution in [3.63, 3.8) is 0 Å². The SMILES string of the molecule is CC(c1ccc(Cl)cc1Cl)n1nc(C#N)c2ncc(C3=CC[C@H](N4CCC[C@H]4CN)[C@H](C)C3)nc21.Cl. The highest BCUT2D eigenvalue weighted by molar-refractivity contribution is 6.35. The highest BCUT2D eigenvalue weighted by atomic mass is 35.5. The number of halogens is 3. The maximum Gasteiger partial charge on any atom is 0.190 e. The standard InChI is InChI=1S/C26H29Cl2N7.ClH/c1-15-10-17(5-8-24(15)34-9-3-4-19(34)12-29)23-14-31-25-22(13-30)33-35(26(25)32-23)16(2)20-7-6-18(27)11-21(20)28;/h5-7,11,14-16,19,24H,3-4,8-10,12,29H2,1-2H3;1H/t15-,16?,19+,24+;/m1./s1. The van der Waals surface area contributed by atoms with Gasteiger partial charge in [0.25, 0.3) is 0 Å². The molecule has 1 unspecified atom stereocenters. The largest absolute Gasteiger partial charge is 0.329 e. The van der Waals surface area contributed by atoms with Crippen molar-refractivity contribution in [1.82, 2.24) is 24.6 Å². The van der Waals surface area contributed by atoms with Crippen LogP contribution >= 0.6 is 35.6 Å². The van der Waals surface area contributed by atoms with E-state index in [1.807, 2.05) is 13.0 Å². The molecule has 3 heterocycles. The van der Waals surface area contributed by atoms with Gasteiger partial charge < -0.3 is 5.73 Å². The summed E-state index contributed by atoms with van der Waals surface area (Å²) in [6.45, 7) is 6.15. The van der Waals surface area contributed by atoms with Crippen LogP contribution in [0.2, 0.25) is 10.0 Å². The fourth-order valence-electron chi connectivity index (χ4n) is 5.66. The van der Waals surface area contributed by atoms with Crippen molar-refractivity contribution in [2.45, 2.75) is 57.7 Å². The van der Waals surface area contributed by atoms with Gasteiger partial charge in [-0.1, -0.05) is 42.3 Å². The summed E-state index contributed by atoms with van der Waals surface area (Å²) in [4.78, 5) is 12.2. The number of likely N-dealkylation sites (tertiary alicyclic amines) is 1. The lowest BCUT2D eigenvalue weighted by molar-refractivity contribution is 0.135. The van der Waals surface area contributed by atoms with Crippen molar-refractivity contribution in [2.75, 3.05) is 13.1 Å². The number of hydrogen-bond donors (Lipinski definition) is 1. The molecule has 5 rings (SSSR count). The third kappa shape index (κ3) is 4.85.